The summed E-state index contributed by atoms with van der Waals surface area (Å²) in [5.74, 6) is 0.385. The highest BCUT2D eigenvalue weighted by Crippen LogP contribution is 2.16. The number of aliphatic hydroxyl groups excluding tert-OH is 1. The second-order valence-electron chi connectivity index (χ2n) is 5.59. The van der Waals surface area contributed by atoms with Crippen molar-refractivity contribution in [2.45, 2.75) is 19.4 Å². The highest BCUT2D eigenvalue weighted by Gasteiger charge is 2.07. The molecule has 134 valence electrons. The summed E-state index contributed by atoms with van der Waals surface area (Å²) in [6.45, 7) is 3.53. The van der Waals surface area contributed by atoms with Gasteiger partial charge in [0, 0.05) is 18.1 Å². The normalized spacial score (nSPS) is 12.7. The first-order valence-corrected chi connectivity index (χ1v) is 8.66. The molecule has 0 aliphatic carbocycles. The van der Waals surface area contributed by atoms with Crippen LogP contribution in [0.15, 0.2) is 53.5 Å². The molecule has 0 aromatic heterocycles. The zero-order valence-corrected chi connectivity index (χ0v) is 14.9. The highest BCUT2D eigenvalue weighted by atomic mass is 35.5. The first-order chi connectivity index (χ1) is 12.1. The summed E-state index contributed by atoms with van der Waals surface area (Å²) < 4.78 is 13.2. The van der Waals surface area contributed by atoms with Crippen LogP contribution in [0.5, 0.6) is 0 Å². The molecule has 0 radical (unpaired) electrons. The Morgan fingerprint density at radius 1 is 1.20 bits per heavy atom. The van der Waals surface area contributed by atoms with Crippen molar-refractivity contribution in [1.82, 2.24) is 10.6 Å². The van der Waals surface area contributed by atoms with E-state index >= 15 is 0 Å². The summed E-state index contributed by atoms with van der Waals surface area (Å²) in [6.07, 6.45) is -0.0157. The standard InChI is InChI=1S/C19H23ClFN3O/c1-2-22-19(23-11-10-14-4-3-5-17(21)12-14)24-13-18(25)15-6-8-16(20)9-7-15/h3-9,12,18,25H,2,10-11,13H2,1H3,(H2,22,23,24). The number of benzene rings is 2. The molecule has 0 fully saturated rings. The van der Waals surface area contributed by atoms with Gasteiger partial charge in [0.05, 0.1) is 12.6 Å². The Morgan fingerprint density at radius 2 is 1.96 bits per heavy atom. The number of aliphatic imine (C=N–C) groups is 1. The molecule has 4 nitrogen and oxygen atoms in total. The average molecular weight is 364 g/mol. The largest absolute Gasteiger partial charge is 0.386 e. The molecule has 25 heavy (non-hydrogen) atoms. The Morgan fingerprint density at radius 3 is 2.64 bits per heavy atom. The molecule has 2 aromatic rings. The van der Waals surface area contributed by atoms with Crippen LogP contribution in [0.4, 0.5) is 4.39 Å². The zero-order valence-electron chi connectivity index (χ0n) is 14.2. The van der Waals surface area contributed by atoms with E-state index in [1.807, 2.05) is 13.0 Å². The van der Waals surface area contributed by atoms with Crippen molar-refractivity contribution in [2.24, 2.45) is 4.99 Å². The lowest BCUT2D eigenvalue weighted by molar-refractivity contribution is 0.187. The van der Waals surface area contributed by atoms with Crippen molar-refractivity contribution in [1.29, 1.82) is 0 Å². The summed E-state index contributed by atoms with van der Waals surface area (Å²) >= 11 is 5.85. The minimum absolute atomic E-state index is 0.232. The van der Waals surface area contributed by atoms with Gasteiger partial charge >= 0.3 is 0 Å². The molecular weight excluding hydrogens is 341 g/mol. The molecule has 0 heterocycles. The minimum atomic E-state index is -0.698. The lowest BCUT2D eigenvalue weighted by Gasteiger charge is -2.13. The van der Waals surface area contributed by atoms with E-state index in [0.29, 0.717) is 30.5 Å². The third-order valence-electron chi connectivity index (χ3n) is 3.62. The summed E-state index contributed by atoms with van der Waals surface area (Å²) in [4.78, 5) is 4.40. The molecule has 0 amide bonds. The Balaban J connectivity index is 1.87. The summed E-state index contributed by atoms with van der Waals surface area (Å²) in [5, 5.41) is 17.2. The van der Waals surface area contributed by atoms with E-state index in [1.165, 1.54) is 12.1 Å². The quantitative estimate of drug-likeness (QED) is 0.522. The maximum atomic E-state index is 13.2. The molecule has 0 aliphatic heterocycles. The number of rotatable bonds is 7. The van der Waals surface area contributed by atoms with E-state index in [9.17, 15) is 9.50 Å². The van der Waals surface area contributed by atoms with Crippen LogP contribution in [0, 0.1) is 5.82 Å². The first kappa shape index (κ1) is 19.2. The number of halogens is 2. The lowest BCUT2D eigenvalue weighted by atomic mass is 10.1. The van der Waals surface area contributed by atoms with E-state index in [2.05, 4.69) is 15.6 Å². The van der Waals surface area contributed by atoms with Crippen molar-refractivity contribution in [3.05, 3.63) is 70.5 Å². The molecule has 0 saturated heterocycles. The van der Waals surface area contributed by atoms with Crippen molar-refractivity contribution in [3.8, 4) is 0 Å². The molecule has 0 aliphatic rings. The van der Waals surface area contributed by atoms with E-state index in [0.717, 1.165) is 11.1 Å². The molecular formula is C19H23ClFN3O. The fraction of sp³-hybridized carbons (Fsp3) is 0.316. The Kier molecular flexibility index (Phi) is 7.70. The SMILES string of the molecule is CCNC(=NCC(O)c1ccc(Cl)cc1)NCCc1cccc(F)c1. The zero-order chi connectivity index (χ0) is 18.1. The molecule has 2 aromatic carbocycles. The van der Waals surface area contributed by atoms with Crippen LogP contribution in [0.1, 0.15) is 24.2 Å². The summed E-state index contributed by atoms with van der Waals surface area (Å²) in [5.41, 5.74) is 1.69. The molecule has 0 saturated carbocycles. The fourth-order valence-corrected chi connectivity index (χ4v) is 2.45. The number of guanidine groups is 1. The average Bonchev–Trinajstić information content (AvgIpc) is 2.60. The summed E-state index contributed by atoms with van der Waals surface area (Å²) in [7, 11) is 0. The van der Waals surface area contributed by atoms with Gasteiger partial charge < -0.3 is 15.7 Å². The number of hydrogen-bond acceptors (Lipinski definition) is 2. The minimum Gasteiger partial charge on any atom is -0.386 e. The molecule has 0 spiro atoms. The molecule has 1 atom stereocenters. The molecule has 0 bridgehead atoms. The van der Waals surface area contributed by atoms with Crippen molar-refractivity contribution >= 4 is 17.6 Å². The van der Waals surface area contributed by atoms with Gasteiger partial charge in [0.25, 0.3) is 0 Å². The fourth-order valence-electron chi connectivity index (χ4n) is 2.33. The first-order valence-electron chi connectivity index (χ1n) is 8.28. The number of hydrogen-bond donors (Lipinski definition) is 3. The maximum absolute atomic E-state index is 13.2. The van der Waals surface area contributed by atoms with Crippen molar-refractivity contribution in [3.63, 3.8) is 0 Å². The predicted octanol–water partition coefficient (Wildman–Crippen LogP) is 3.31. The van der Waals surface area contributed by atoms with Gasteiger partial charge in [-0.05, 0) is 48.7 Å². The van der Waals surface area contributed by atoms with Gasteiger partial charge in [0.15, 0.2) is 5.96 Å². The molecule has 3 N–H and O–H groups in total. The van der Waals surface area contributed by atoms with E-state index in [4.69, 9.17) is 11.6 Å². The maximum Gasteiger partial charge on any atom is 0.191 e. The Hall–Kier alpha value is -2.11. The van der Waals surface area contributed by atoms with Crippen LogP contribution in [0.2, 0.25) is 5.02 Å². The molecule has 2 rings (SSSR count). The summed E-state index contributed by atoms with van der Waals surface area (Å²) in [6, 6.07) is 13.6. The van der Waals surface area contributed by atoms with E-state index in [-0.39, 0.29) is 12.4 Å². The van der Waals surface area contributed by atoms with Crippen molar-refractivity contribution in [2.75, 3.05) is 19.6 Å². The highest BCUT2D eigenvalue weighted by molar-refractivity contribution is 6.30. The van der Waals surface area contributed by atoms with Crippen LogP contribution in [-0.4, -0.2) is 30.7 Å². The number of aliphatic hydroxyl groups is 1. The van der Waals surface area contributed by atoms with Gasteiger partial charge in [-0.25, -0.2) is 4.39 Å². The van der Waals surface area contributed by atoms with Gasteiger partial charge in [-0.2, -0.15) is 0 Å². The van der Waals surface area contributed by atoms with Gasteiger partial charge in [-0.1, -0.05) is 35.9 Å². The third-order valence-corrected chi connectivity index (χ3v) is 3.87. The topological polar surface area (TPSA) is 56.7 Å². The van der Waals surface area contributed by atoms with Crippen LogP contribution >= 0.6 is 11.6 Å². The van der Waals surface area contributed by atoms with Crippen molar-refractivity contribution < 1.29 is 9.50 Å². The Labute approximate surface area is 152 Å². The van der Waals surface area contributed by atoms with Gasteiger partial charge in [0.1, 0.15) is 5.82 Å². The van der Waals surface area contributed by atoms with Gasteiger partial charge in [-0.3, -0.25) is 4.99 Å². The molecule has 1 unspecified atom stereocenters. The van der Waals surface area contributed by atoms with E-state index < -0.39 is 6.10 Å². The van der Waals surface area contributed by atoms with Crippen LogP contribution in [0.3, 0.4) is 0 Å². The smallest absolute Gasteiger partial charge is 0.191 e. The van der Waals surface area contributed by atoms with Crippen LogP contribution in [-0.2, 0) is 6.42 Å². The number of nitrogens with one attached hydrogen (secondary N) is 2. The Bertz CT molecular complexity index is 691. The monoisotopic (exact) mass is 363 g/mol. The van der Waals surface area contributed by atoms with Gasteiger partial charge in [-0.15, -0.1) is 0 Å². The third kappa shape index (κ3) is 6.72. The van der Waals surface area contributed by atoms with Crippen LogP contribution in [0.25, 0.3) is 0 Å². The second kappa shape index (κ2) is 10.0. The lowest BCUT2D eigenvalue weighted by Crippen LogP contribution is -2.38. The van der Waals surface area contributed by atoms with E-state index in [1.54, 1.807) is 30.3 Å². The second-order valence-corrected chi connectivity index (χ2v) is 6.03. The predicted molar refractivity (Wildman–Crippen MR) is 100 cm³/mol. The molecule has 6 heteroatoms. The van der Waals surface area contributed by atoms with Gasteiger partial charge in [0.2, 0.25) is 0 Å². The van der Waals surface area contributed by atoms with Crippen LogP contribution < -0.4 is 10.6 Å². The number of nitrogens with zero attached hydrogens (tertiary/aromatic N) is 1.